The number of amides is 1. The molecule has 0 bridgehead atoms. The number of hydrogen-bond acceptors (Lipinski definition) is 2. The minimum Gasteiger partial charge on any atom is -0.339 e. The summed E-state index contributed by atoms with van der Waals surface area (Å²) in [4.78, 5) is 13.8. The molecule has 0 saturated heterocycles. The number of aryl methyl sites for hydroxylation is 1. The van der Waals surface area contributed by atoms with Crippen LogP contribution in [-0.4, -0.2) is 24.4 Å². The van der Waals surface area contributed by atoms with Crippen LogP contribution in [0.4, 0.5) is 0 Å². The van der Waals surface area contributed by atoms with Crippen LogP contribution in [0.2, 0.25) is 0 Å². The van der Waals surface area contributed by atoms with Crippen LogP contribution in [0.3, 0.4) is 0 Å². The number of rotatable bonds is 4. The van der Waals surface area contributed by atoms with Crippen LogP contribution in [0.1, 0.15) is 31.0 Å². The second-order valence-corrected chi connectivity index (χ2v) is 4.62. The molecule has 0 saturated carbocycles. The van der Waals surface area contributed by atoms with E-state index in [1.165, 1.54) is 11.1 Å². The lowest BCUT2D eigenvalue weighted by Gasteiger charge is -2.28. The average Bonchev–Trinajstić information content (AvgIpc) is 2.35. The maximum absolute atomic E-state index is 12.0. The van der Waals surface area contributed by atoms with Gasteiger partial charge in [0.05, 0.1) is 6.04 Å². The lowest BCUT2D eigenvalue weighted by molar-refractivity contribution is -0.135. The molecule has 0 aromatic heterocycles. The summed E-state index contributed by atoms with van der Waals surface area (Å²) in [5.41, 5.74) is 7.93. The van der Waals surface area contributed by atoms with E-state index in [2.05, 4.69) is 19.1 Å². The molecule has 0 radical (unpaired) electrons. The van der Waals surface area contributed by atoms with E-state index in [4.69, 9.17) is 5.73 Å². The van der Waals surface area contributed by atoms with E-state index >= 15 is 0 Å². The molecule has 1 rings (SSSR count). The van der Waals surface area contributed by atoms with Crippen molar-refractivity contribution in [1.82, 2.24) is 4.90 Å². The van der Waals surface area contributed by atoms with E-state index in [0.29, 0.717) is 6.54 Å². The Hall–Kier alpha value is -1.35. The normalized spacial score (nSPS) is 14.2. The van der Waals surface area contributed by atoms with E-state index in [-0.39, 0.29) is 17.9 Å². The highest BCUT2D eigenvalue weighted by Gasteiger charge is 2.22. The van der Waals surface area contributed by atoms with Crippen LogP contribution in [0, 0.1) is 12.8 Å². The standard InChI is InChI=1S/C14H22N2O/c1-10-7-5-6-8-13(10)12(3)16(4)14(17)11(2)9-15/h5-8,11-12H,9,15H2,1-4H3. The summed E-state index contributed by atoms with van der Waals surface area (Å²) in [5, 5.41) is 0. The van der Waals surface area contributed by atoms with Crippen molar-refractivity contribution in [2.75, 3.05) is 13.6 Å². The summed E-state index contributed by atoms with van der Waals surface area (Å²) in [6, 6.07) is 8.23. The predicted octanol–water partition coefficient (Wildman–Crippen LogP) is 2.11. The quantitative estimate of drug-likeness (QED) is 0.867. The van der Waals surface area contributed by atoms with Crippen LogP contribution in [-0.2, 0) is 4.79 Å². The number of nitrogens with zero attached hydrogens (tertiary/aromatic N) is 1. The van der Waals surface area contributed by atoms with Gasteiger partial charge >= 0.3 is 0 Å². The van der Waals surface area contributed by atoms with Crippen LogP contribution in [0.5, 0.6) is 0 Å². The highest BCUT2D eigenvalue weighted by atomic mass is 16.2. The fourth-order valence-electron chi connectivity index (χ4n) is 1.90. The molecule has 94 valence electrons. The molecule has 0 aliphatic heterocycles. The van der Waals surface area contributed by atoms with Crippen molar-refractivity contribution in [2.45, 2.75) is 26.8 Å². The highest BCUT2D eigenvalue weighted by molar-refractivity contribution is 5.78. The van der Waals surface area contributed by atoms with Gasteiger partial charge in [0.1, 0.15) is 0 Å². The molecule has 2 atom stereocenters. The third kappa shape index (κ3) is 3.07. The topological polar surface area (TPSA) is 46.3 Å². The largest absolute Gasteiger partial charge is 0.339 e. The fraction of sp³-hybridized carbons (Fsp3) is 0.500. The molecule has 0 spiro atoms. The Morgan fingerprint density at radius 2 is 1.94 bits per heavy atom. The smallest absolute Gasteiger partial charge is 0.226 e. The monoisotopic (exact) mass is 234 g/mol. The minimum absolute atomic E-state index is 0.0812. The van der Waals surface area contributed by atoms with Gasteiger partial charge in [-0.1, -0.05) is 31.2 Å². The molecule has 0 heterocycles. The Morgan fingerprint density at radius 1 is 1.35 bits per heavy atom. The van der Waals surface area contributed by atoms with Crippen LogP contribution in [0.15, 0.2) is 24.3 Å². The van der Waals surface area contributed by atoms with Gasteiger partial charge in [-0.25, -0.2) is 0 Å². The van der Waals surface area contributed by atoms with Crippen LogP contribution < -0.4 is 5.73 Å². The summed E-state index contributed by atoms with van der Waals surface area (Å²) in [6.45, 7) is 6.37. The maximum Gasteiger partial charge on any atom is 0.226 e. The molecular formula is C14H22N2O. The SMILES string of the molecule is Cc1ccccc1C(C)N(C)C(=O)C(C)CN. The van der Waals surface area contributed by atoms with Crippen molar-refractivity contribution in [3.8, 4) is 0 Å². The fourth-order valence-corrected chi connectivity index (χ4v) is 1.90. The molecule has 0 aliphatic rings. The summed E-state index contributed by atoms with van der Waals surface area (Å²) in [7, 11) is 1.84. The van der Waals surface area contributed by atoms with Crippen molar-refractivity contribution in [2.24, 2.45) is 11.7 Å². The molecular weight excluding hydrogens is 212 g/mol. The minimum atomic E-state index is -0.119. The van der Waals surface area contributed by atoms with E-state index in [1.807, 2.05) is 33.0 Å². The molecule has 0 fully saturated rings. The number of benzene rings is 1. The van der Waals surface area contributed by atoms with E-state index in [9.17, 15) is 4.79 Å². The Kier molecular flexibility index (Phi) is 4.70. The number of hydrogen-bond donors (Lipinski definition) is 1. The second kappa shape index (κ2) is 5.82. The number of carbonyl (C=O) groups is 1. The van der Waals surface area contributed by atoms with Gasteiger partial charge < -0.3 is 10.6 Å². The first kappa shape index (κ1) is 13.7. The van der Waals surface area contributed by atoms with Crippen LogP contribution in [0.25, 0.3) is 0 Å². The highest BCUT2D eigenvalue weighted by Crippen LogP contribution is 2.23. The van der Waals surface area contributed by atoms with Crippen molar-refractivity contribution in [3.05, 3.63) is 35.4 Å². The molecule has 2 N–H and O–H groups in total. The molecule has 0 aliphatic carbocycles. The first-order valence-corrected chi connectivity index (χ1v) is 6.01. The Balaban J connectivity index is 2.87. The summed E-state index contributed by atoms with van der Waals surface area (Å²) >= 11 is 0. The predicted molar refractivity (Wildman–Crippen MR) is 70.6 cm³/mol. The Morgan fingerprint density at radius 3 is 2.47 bits per heavy atom. The summed E-state index contributed by atoms with van der Waals surface area (Å²) in [5.74, 6) is -0.0188. The molecule has 3 nitrogen and oxygen atoms in total. The zero-order valence-electron chi connectivity index (χ0n) is 11.1. The summed E-state index contributed by atoms with van der Waals surface area (Å²) in [6.07, 6.45) is 0. The van der Waals surface area contributed by atoms with Gasteiger partial charge in [0.25, 0.3) is 0 Å². The first-order valence-electron chi connectivity index (χ1n) is 6.01. The van der Waals surface area contributed by atoms with Gasteiger partial charge in [-0.05, 0) is 25.0 Å². The molecule has 3 heteroatoms. The van der Waals surface area contributed by atoms with Gasteiger partial charge in [0.2, 0.25) is 5.91 Å². The Labute approximate surface area is 104 Å². The van der Waals surface area contributed by atoms with Crippen LogP contribution >= 0.6 is 0 Å². The van der Waals surface area contributed by atoms with Crippen molar-refractivity contribution in [1.29, 1.82) is 0 Å². The molecule has 1 aromatic rings. The first-order chi connectivity index (χ1) is 7.99. The van der Waals surface area contributed by atoms with E-state index in [1.54, 1.807) is 4.90 Å². The summed E-state index contributed by atoms with van der Waals surface area (Å²) < 4.78 is 0. The second-order valence-electron chi connectivity index (χ2n) is 4.62. The van der Waals surface area contributed by atoms with E-state index < -0.39 is 0 Å². The van der Waals surface area contributed by atoms with Crippen molar-refractivity contribution >= 4 is 5.91 Å². The van der Waals surface area contributed by atoms with Gasteiger partial charge in [-0.15, -0.1) is 0 Å². The average molecular weight is 234 g/mol. The lowest BCUT2D eigenvalue weighted by atomic mass is 10.0. The van der Waals surface area contributed by atoms with Crippen molar-refractivity contribution in [3.63, 3.8) is 0 Å². The number of carbonyl (C=O) groups excluding carboxylic acids is 1. The van der Waals surface area contributed by atoms with Gasteiger partial charge in [0, 0.05) is 19.5 Å². The zero-order chi connectivity index (χ0) is 13.0. The number of nitrogens with two attached hydrogens (primary N) is 1. The lowest BCUT2D eigenvalue weighted by Crippen LogP contribution is -2.36. The van der Waals surface area contributed by atoms with Gasteiger partial charge in [0.15, 0.2) is 0 Å². The third-order valence-corrected chi connectivity index (χ3v) is 3.34. The maximum atomic E-state index is 12.0. The van der Waals surface area contributed by atoms with E-state index in [0.717, 1.165) is 0 Å². The Bertz CT molecular complexity index is 390. The molecule has 2 unspecified atom stereocenters. The zero-order valence-corrected chi connectivity index (χ0v) is 11.1. The van der Waals surface area contributed by atoms with Gasteiger partial charge in [-0.3, -0.25) is 4.79 Å². The third-order valence-electron chi connectivity index (χ3n) is 3.34. The van der Waals surface area contributed by atoms with Crippen molar-refractivity contribution < 1.29 is 4.79 Å². The molecule has 1 amide bonds. The molecule has 17 heavy (non-hydrogen) atoms. The van der Waals surface area contributed by atoms with Gasteiger partial charge in [-0.2, -0.15) is 0 Å². The molecule has 1 aromatic carbocycles.